The molecule has 7 rings (SSSR count). The van der Waals surface area contributed by atoms with Crippen LogP contribution < -0.4 is 0 Å². The maximum absolute atomic E-state index is 14.7. The minimum absolute atomic E-state index is 0.0727. The number of fused-ring (bicyclic) bond motifs is 1. The van der Waals surface area contributed by atoms with Gasteiger partial charge in [0.05, 0.1) is 14.8 Å². The van der Waals surface area contributed by atoms with Crippen LogP contribution in [-0.2, 0) is 6.42 Å². The number of rotatable bonds is 12. The molecule has 1 aliphatic carbocycles. The van der Waals surface area contributed by atoms with Gasteiger partial charge < -0.3 is 10.0 Å². The first-order valence-electron chi connectivity index (χ1n) is 18.5. The third-order valence-corrected chi connectivity index (χ3v) is 13.0. The molecule has 0 radical (unpaired) electrons. The monoisotopic (exact) mass is 709 g/mol. The van der Waals surface area contributed by atoms with Gasteiger partial charge in [-0.1, -0.05) is 154 Å². The second-order valence-corrected chi connectivity index (χ2v) is 15.8. The summed E-state index contributed by atoms with van der Waals surface area (Å²) in [4.78, 5) is 19.9. The molecule has 0 bridgehead atoms. The van der Waals surface area contributed by atoms with Gasteiger partial charge in [0.2, 0.25) is 5.88 Å². The van der Waals surface area contributed by atoms with Crippen LogP contribution in [0.4, 0.5) is 0 Å². The molecule has 1 N–H and O–H groups in total. The number of thioether (sulfide) groups is 1. The minimum Gasteiger partial charge on any atom is -0.494 e. The number of aliphatic hydroxyl groups excluding tert-OH is 1. The van der Waals surface area contributed by atoms with E-state index in [9.17, 15) is 9.90 Å². The number of Topliss-reactive ketones (excluding diaryl/α,β-unsaturated/α-hetero) is 1. The predicted molar refractivity (Wildman–Crippen MR) is 217 cm³/mol. The Kier molecular flexibility index (Phi) is 10.7. The van der Waals surface area contributed by atoms with E-state index < -0.39 is 0 Å². The highest BCUT2D eigenvalue weighted by molar-refractivity contribution is 8.12. The van der Waals surface area contributed by atoms with Gasteiger partial charge in [-0.2, -0.15) is 0 Å². The van der Waals surface area contributed by atoms with Crippen molar-refractivity contribution < 1.29 is 9.90 Å². The maximum Gasteiger partial charge on any atom is 0.207 e. The number of aryl methyl sites for hydroxylation is 2. The third kappa shape index (κ3) is 6.63. The molecule has 260 valence electrons. The Balaban J connectivity index is 1.40. The summed E-state index contributed by atoms with van der Waals surface area (Å²) in [6, 6.07) is 36.1. The first-order chi connectivity index (χ1) is 24.9. The number of thiophene rings is 1. The Hall–Kier alpha value is -4.32. The molecule has 1 unspecified atom stereocenters. The SMILES string of the molecule is CCCCCCCCc1c(C2=C(O)N(CC)C(=C3C(=O)c4c(C)ccc(C)c4C3c3ccccc3)S2)sc(-c2ccccc2)c1-c1ccccc1. The Bertz CT molecular complexity index is 2090. The largest absolute Gasteiger partial charge is 0.494 e. The van der Waals surface area contributed by atoms with Crippen molar-refractivity contribution in [2.24, 2.45) is 0 Å². The fourth-order valence-corrected chi connectivity index (χ4v) is 10.7. The zero-order valence-corrected chi connectivity index (χ0v) is 31.8. The van der Waals surface area contributed by atoms with E-state index in [0.29, 0.717) is 6.54 Å². The number of ketones is 1. The summed E-state index contributed by atoms with van der Waals surface area (Å²) in [6.07, 6.45) is 8.24. The number of benzene rings is 4. The summed E-state index contributed by atoms with van der Waals surface area (Å²) in [5.41, 5.74) is 10.8. The Morgan fingerprint density at radius 3 is 1.96 bits per heavy atom. The molecule has 5 aromatic rings. The number of nitrogens with zero attached hydrogens (tertiary/aromatic N) is 1. The van der Waals surface area contributed by atoms with Crippen LogP contribution >= 0.6 is 23.1 Å². The van der Waals surface area contributed by atoms with Gasteiger partial charge in [-0.05, 0) is 72.6 Å². The highest BCUT2D eigenvalue weighted by atomic mass is 32.2. The van der Waals surface area contributed by atoms with E-state index in [0.717, 1.165) is 61.0 Å². The molecule has 4 aromatic carbocycles. The Morgan fingerprint density at radius 1 is 0.686 bits per heavy atom. The zero-order valence-electron chi connectivity index (χ0n) is 30.2. The molecule has 5 heteroatoms. The van der Waals surface area contributed by atoms with E-state index in [-0.39, 0.29) is 17.6 Å². The van der Waals surface area contributed by atoms with Crippen LogP contribution in [0.5, 0.6) is 0 Å². The van der Waals surface area contributed by atoms with Crippen molar-refractivity contribution in [1.82, 2.24) is 4.90 Å². The van der Waals surface area contributed by atoms with E-state index in [1.165, 1.54) is 59.2 Å². The van der Waals surface area contributed by atoms with Crippen LogP contribution in [0.2, 0.25) is 0 Å². The van der Waals surface area contributed by atoms with Gasteiger partial charge in [-0.3, -0.25) is 4.79 Å². The van der Waals surface area contributed by atoms with Crippen LogP contribution in [0.25, 0.3) is 26.5 Å². The first-order valence-corrected chi connectivity index (χ1v) is 20.2. The van der Waals surface area contributed by atoms with Gasteiger partial charge >= 0.3 is 0 Å². The molecule has 51 heavy (non-hydrogen) atoms. The smallest absolute Gasteiger partial charge is 0.207 e. The highest BCUT2D eigenvalue weighted by Crippen LogP contribution is 2.57. The van der Waals surface area contributed by atoms with Gasteiger partial charge in [-0.15, -0.1) is 11.3 Å². The summed E-state index contributed by atoms with van der Waals surface area (Å²) in [7, 11) is 0. The van der Waals surface area contributed by atoms with E-state index in [2.05, 4.69) is 118 Å². The number of allylic oxidation sites excluding steroid dienone is 1. The molecule has 0 saturated carbocycles. The molecule has 1 atom stereocenters. The second kappa shape index (κ2) is 15.5. The average Bonchev–Trinajstić information content (AvgIpc) is 3.81. The normalized spacial score (nSPS) is 17.1. The number of carbonyl (C=O) groups excluding carboxylic acids is 1. The summed E-state index contributed by atoms with van der Waals surface area (Å²) >= 11 is 3.37. The van der Waals surface area contributed by atoms with Gasteiger partial charge in [0, 0.05) is 34.0 Å². The quantitative estimate of drug-likeness (QED) is 0.103. The number of hydrogen-bond donors (Lipinski definition) is 1. The predicted octanol–water partition coefficient (Wildman–Crippen LogP) is 13.1. The topological polar surface area (TPSA) is 40.5 Å². The van der Waals surface area contributed by atoms with Gasteiger partial charge in [-0.25, -0.2) is 0 Å². The number of unbranched alkanes of at least 4 members (excludes halogenated alkanes) is 5. The minimum atomic E-state index is -0.206. The van der Waals surface area contributed by atoms with Gasteiger partial charge in [0.25, 0.3) is 0 Å². The summed E-state index contributed by atoms with van der Waals surface area (Å²) < 4.78 is 0. The molecule has 2 aliphatic rings. The summed E-state index contributed by atoms with van der Waals surface area (Å²) in [5, 5.41) is 13.1. The maximum atomic E-state index is 14.7. The van der Waals surface area contributed by atoms with Crippen molar-refractivity contribution in [2.45, 2.75) is 78.6 Å². The van der Waals surface area contributed by atoms with Crippen molar-refractivity contribution in [3.05, 3.63) is 158 Å². The fraction of sp³-hybridized carbons (Fsp3) is 0.283. The van der Waals surface area contributed by atoms with Crippen molar-refractivity contribution in [2.75, 3.05) is 6.54 Å². The Morgan fingerprint density at radius 2 is 1.29 bits per heavy atom. The van der Waals surface area contributed by atoms with Crippen LogP contribution in [0, 0.1) is 13.8 Å². The summed E-state index contributed by atoms with van der Waals surface area (Å²) in [5.74, 6) is 0.116. The van der Waals surface area contributed by atoms with Crippen LogP contribution in [0.15, 0.2) is 120 Å². The molecule has 2 heterocycles. The third-order valence-electron chi connectivity index (χ3n) is 10.4. The molecular formula is C46H47NO2S2. The van der Waals surface area contributed by atoms with Crippen LogP contribution in [0.3, 0.4) is 0 Å². The van der Waals surface area contributed by atoms with Crippen molar-refractivity contribution in [1.29, 1.82) is 0 Å². The summed E-state index contributed by atoms with van der Waals surface area (Å²) in [6.45, 7) is 9.05. The zero-order chi connectivity index (χ0) is 35.5. The van der Waals surface area contributed by atoms with Gasteiger partial charge in [0.15, 0.2) is 5.78 Å². The molecular weight excluding hydrogens is 663 g/mol. The van der Waals surface area contributed by atoms with E-state index in [1.807, 2.05) is 17.9 Å². The lowest BCUT2D eigenvalue weighted by Gasteiger charge is -2.22. The molecule has 1 aromatic heterocycles. The van der Waals surface area contributed by atoms with Crippen molar-refractivity contribution in [3.63, 3.8) is 0 Å². The van der Waals surface area contributed by atoms with Crippen molar-refractivity contribution in [3.8, 4) is 21.6 Å². The number of aliphatic hydroxyl groups is 1. The Labute approximate surface area is 311 Å². The lowest BCUT2D eigenvalue weighted by atomic mass is 9.87. The second-order valence-electron chi connectivity index (χ2n) is 13.7. The average molecular weight is 710 g/mol. The van der Waals surface area contributed by atoms with E-state index in [1.54, 1.807) is 23.1 Å². The van der Waals surface area contributed by atoms with Crippen LogP contribution in [-0.4, -0.2) is 22.3 Å². The highest BCUT2D eigenvalue weighted by Gasteiger charge is 2.44. The fourth-order valence-electron chi connectivity index (χ4n) is 7.85. The molecule has 0 amide bonds. The molecule has 1 aliphatic heterocycles. The standard InChI is InChI=1S/C46H47NO2S2/c1-5-7-8-9-10-20-27-35-38(32-21-14-11-15-22-32)42(34-25-18-13-19-26-34)50-43(35)44-45(49)47(6-2)46(51-44)40-39(33-23-16-12-17-24-33)36-30(3)28-29-31(4)37(36)41(40)48/h11-19,21-26,28-29,39,49H,5-10,20,27H2,1-4H3. The number of hydrogen-bond acceptors (Lipinski definition) is 5. The lowest BCUT2D eigenvalue weighted by Crippen LogP contribution is -2.20. The molecule has 0 spiro atoms. The van der Waals surface area contributed by atoms with Crippen molar-refractivity contribution >= 4 is 33.8 Å². The van der Waals surface area contributed by atoms with E-state index >= 15 is 0 Å². The first kappa shape index (κ1) is 35.1. The van der Waals surface area contributed by atoms with E-state index in [4.69, 9.17) is 0 Å². The molecule has 3 nitrogen and oxygen atoms in total. The lowest BCUT2D eigenvalue weighted by molar-refractivity contribution is 0.103. The molecule has 0 fully saturated rings. The van der Waals surface area contributed by atoms with Gasteiger partial charge in [0.1, 0.15) is 0 Å². The van der Waals surface area contributed by atoms with Crippen LogP contribution in [0.1, 0.15) is 101 Å². The number of carbonyl (C=O) groups is 1. The molecule has 0 saturated heterocycles.